The molecule has 1 saturated heterocycles. The Hall–Kier alpha value is -2.57. The second kappa shape index (κ2) is 8.52. The molecule has 1 aliphatic carbocycles. The van der Waals surface area contributed by atoms with Crippen molar-refractivity contribution in [3.05, 3.63) is 56.8 Å². The van der Waals surface area contributed by atoms with Crippen LogP contribution in [-0.2, 0) is 9.59 Å². The standard InChI is InChI=1S/C23H23Cl2N3O3/c1-13-10-15(14(2)27(13)20-9-8-16(24)12-19(20)25)11-18-21(29)26-23(31)28(22(18)30)17-6-4-3-5-7-17/h8-12,17H,3-7H2,1-2H3,(H,26,29,31). The molecule has 8 heteroatoms. The summed E-state index contributed by atoms with van der Waals surface area (Å²) in [5.41, 5.74) is 3.13. The van der Waals surface area contributed by atoms with Crippen LogP contribution in [-0.4, -0.2) is 33.4 Å². The van der Waals surface area contributed by atoms with Crippen molar-refractivity contribution in [1.82, 2.24) is 14.8 Å². The molecule has 0 radical (unpaired) electrons. The Kier molecular flexibility index (Phi) is 5.95. The van der Waals surface area contributed by atoms with Crippen molar-refractivity contribution < 1.29 is 14.4 Å². The molecule has 4 amide bonds. The summed E-state index contributed by atoms with van der Waals surface area (Å²) in [7, 11) is 0. The monoisotopic (exact) mass is 459 g/mol. The van der Waals surface area contributed by atoms with Crippen molar-refractivity contribution in [3.8, 4) is 5.69 Å². The first-order chi connectivity index (χ1) is 14.8. The summed E-state index contributed by atoms with van der Waals surface area (Å²) in [4.78, 5) is 39.3. The van der Waals surface area contributed by atoms with Crippen LogP contribution < -0.4 is 5.32 Å². The van der Waals surface area contributed by atoms with Gasteiger partial charge in [0.15, 0.2) is 0 Å². The molecule has 31 heavy (non-hydrogen) atoms. The molecule has 2 aromatic rings. The predicted octanol–water partition coefficient (Wildman–Crippen LogP) is 5.20. The number of imide groups is 2. The molecule has 4 rings (SSSR count). The lowest BCUT2D eigenvalue weighted by Gasteiger charge is -2.35. The zero-order valence-electron chi connectivity index (χ0n) is 17.4. The quantitative estimate of drug-likeness (QED) is 0.506. The number of aromatic nitrogens is 1. The van der Waals surface area contributed by atoms with Crippen LogP contribution in [0.1, 0.15) is 49.1 Å². The summed E-state index contributed by atoms with van der Waals surface area (Å²) in [5.74, 6) is -1.20. The number of benzene rings is 1. The molecule has 1 aliphatic heterocycles. The van der Waals surface area contributed by atoms with Gasteiger partial charge in [-0.15, -0.1) is 0 Å². The van der Waals surface area contributed by atoms with Crippen molar-refractivity contribution in [2.75, 3.05) is 0 Å². The topological polar surface area (TPSA) is 71.4 Å². The summed E-state index contributed by atoms with van der Waals surface area (Å²) >= 11 is 12.4. The van der Waals surface area contributed by atoms with E-state index in [0.29, 0.717) is 15.6 Å². The lowest BCUT2D eigenvalue weighted by molar-refractivity contribution is -0.132. The molecule has 2 aliphatic rings. The lowest BCUT2D eigenvalue weighted by atomic mass is 9.93. The van der Waals surface area contributed by atoms with Crippen LogP contribution in [0.3, 0.4) is 0 Å². The highest BCUT2D eigenvalue weighted by Gasteiger charge is 2.40. The fraction of sp³-hybridized carbons (Fsp3) is 0.348. The molecule has 1 aromatic carbocycles. The number of urea groups is 1. The van der Waals surface area contributed by atoms with E-state index in [1.165, 1.54) is 4.90 Å². The minimum absolute atomic E-state index is 0.0346. The van der Waals surface area contributed by atoms with Gasteiger partial charge in [-0.2, -0.15) is 0 Å². The Balaban J connectivity index is 1.73. The first-order valence-corrected chi connectivity index (χ1v) is 11.1. The van der Waals surface area contributed by atoms with Gasteiger partial charge in [0.25, 0.3) is 11.8 Å². The minimum atomic E-state index is -0.670. The van der Waals surface area contributed by atoms with Crippen molar-refractivity contribution >= 4 is 47.1 Å². The molecule has 162 valence electrons. The first kappa shape index (κ1) is 21.7. The lowest BCUT2D eigenvalue weighted by Crippen LogP contribution is -2.58. The highest BCUT2D eigenvalue weighted by molar-refractivity contribution is 6.35. The molecular formula is C23H23Cl2N3O3. The van der Waals surface area contributed by atoms with Gasteiger partial charge in [0.2, 0.25) is 0 Å². The molecule has 2 fully saturated rings. The molecule has 0 spiro atoms. The average molecular weight is 460 g/mol. The predicted molar refractivity (Wildman–Crippen MR) is 120 cm³/mol. The summed E-state index contributed by atoms with van der Waals surface area (Å²) in [6.45, 7) is 3.81. The van der Waals surface area contributed by atoms with E-state index in [1.807, 2.05) is 30.5 Å². The number of halogens is 2. The number of barbiturate groups is 1. The molecule has 2 heterocycles. The van der Waals surface area contributed by atoms with Crippen LogP contribution in [0, 0.1) is 13.8 Å². The van der Waals surface area contributed by atoms with Crippen LogP contribution >= 0.6 is 23.2 Å². The Morgan fingerprint density at radius 2 is 1.74 bits per heavy atom. The summed E-state index contributed by atoms with van der Waals surface area (Å²) in [6.07, 6.45) is 6.13. The maximum Gasteiger partial charge on any atom is 0.331 e. The minimum Gasteiger partial charge on any atom is -0.316 e. The van der Waals surface area contributed by atoms with Gasteiger partial charge in [0.1, 0.15) is 5.57 Å². The maximum atomic E-state index is 13.1. The van der Waals surface area contributed by atoms with Crippen LogP contribution in [0.5, 0.6) is 0 Å². The van der Waals surface area contributed by atoms with E-state index < -0.39 is 17.8 Å². The van der Waals surface area contributed by atoms with E-state index >= 15 is 0 Å². The van der Waals surface area contributed by atoms with Crippen LogP contribution in [0.4, 0.5) is 4.79 Å². The Bertz CT molecular complexity index is 1110. The number of amides is 4. The van der Waals surface area contributed by atoms with Gasteiger partial charge in [-0.25, -0.2) is 4.79 Å². The van der Waals surface area contributed by atoms with Crippen molar-refractivity contribution in [1.29, 1.82) is 0 Å². The Morgan fingerprint density at radius 3 is 2.42 bits per heavy atom. The van der Waals surface area contributed by atoms with Crippen molar-refractivity contribution in [2.45, 2.75) is 52.0 Å². The number of hydrogen-bond acceptors (Lipinski definition) is 3. The van der Waals surface area contributed by atoms with Crippen LogP contribution in [0.2, 0.25) is 10.0 Å². The smallest absolute Gasteiger partial charge is 0.316 e. The van der Waals surface area contributed by atoms with Crippen molar-refractivity contribution in [3.63, 3.8) is 0 Å². The fourth-order valence-corrected chi connectivity index (χ4v) is 4.96. The molecule has 1 saturated carbocycles. The van der Waals surface area contributed by atoms with E-state index in [9.17, 15) is 14.4 Å². The molecule has 6 nitrogen and oxygen atoms in total. The number of aryl methyl sites for hydroxylation is 1. The largest absolute Gasteiger partial charge is 0.331 e. The van der Waals surface area contributed by atoms with Gasteiger partial charge in [-0.05, 0) is 62.6 Å². The third kappa shape index (κ3) is 4.02. The SMILES string of the molecule is Cc1cc(C=C2C(=O)NC(=O)N(C3CCCCC3)C2=O)c(C)n1-c1ccc(Cl)cc1Cl. The number of nitrogens with zero attached hydrogens (tertiary/aromatic N) is 2. The van der Waals surface area contributed by atoms with Gasteiger partial charge in [-0.3, -0.25) is 19.8 Å². The highest BCUT2D eigenvalue weighted by Crippen LogP contribution is 2.31. The Morgan fingerprint density at radius 1 is 1.03 bits per heavy atom. The number of carbonyl (C=O) groups is 3. The van der Waals surface area contributed by atoms with E-state index in [1.54, 1.807) is 18.2 Å². The maximum absolute atomic E-state index is 13.1. The number of rotatable bonds is 3. The van der Waals surface area contributed by atoms with E-state index in [0.717, 1.165) is 49.2 Å². The first-order valence-electron chi connectivity index (χ1n) is 10.3. The zero-order chi connectivity index (χ0) is 22.3. The third-order valence-corrected chi connectivity index (χ3v) is 6.53. The normalized spacial score (nSPS) is 19.3. The third-order valence-electron chi connectivity index (χ3n) is 5.99. The average Bonchev–Trinajstić information content (AvgIpc) is 2.99. The fourth-order valence-electron chi connectivity index (χ4n) is 4.46. The second-order valence-corrected chi connectivity index (χ2v) is 8.89. The van der Waals surface area contributed by atoms with E-state index in [-0.39, 0.29) is 11.6 Å². The molecule has 1 aromatic heterocycles. The van der Waals surface area contributed by atoms with Crippen molar-refractivity contribution in [2.24, 2.45) is 0 Å². The highest BCUT2D eigenvalue weighted by atomic mass is 35.5. The summed E-state index contributed by atoms with van der Waals surface area (Å²) in [5, 5.41) is 3.36. The van der Waals surface area contributed by atoms with Gasteiger partial charge < -0.3 is 4.57 Å². The Labute approximate surface area is 190 Å². The molecular weight excluding hydrogens is 437 g/mol. The molecule has 0 unspecified atom stereocenters. The van der Waals surface area contributed by atoms with E-state index in [4.69, 9.17) is 23.2 Å². The van der Waals surface area contributed by atoms with Gasteiger partial charge in [-0.1, -0.05) is 42.5 Å². The van der Waals surface area contributed by atoms with E-state index in [2.05, 4.69) is 5.32 Å². The van der Waals surface area contributed by atoms with Gasteiger partial charge in [0, 0.05) is 22.5 Å². The number of nitrogens with one attached hydrogen (secondary N) is 1. The second-order valence-electron chi connectivity index (χ2n) is 8.04. The van der Waals surface area contributed by atoms with Crippen LogP contribution in [0.15, 0.2) is 29.8 Å². The number of hydrogen-bond donors (Lipinski definition) is 1. The summed E-state index contributed by atoms with van der Waals surface area (Å²) < 4.78 is 1.94. The zero-order valence-corrected chi connectivity index (χ0v) is 18.9. The van der Waals surface area contributed by atoms with Gasteiger partial charge >= 0.3 is 6.03 Å². The number of carbonyl (C=O) groups excluding carboxylic acids is 3. The molecule has 0 bridgehead atoms. The van der Waals surface area contributed by atoms with Crippen LogP contribution in [0.25, 0.3) is 11.8 Å². The molecule has 1 N–H and O–H groups in total. The molecule has 0 atom stereocenters. The summed E-state index contributed by atoms with van der Waals surface area (Å²) in [6, 6.07) is 6.33. The van der Waals surface area contributed by atoms with Gasteiger partial charge in [0.05, 0.1) is 10.7 Å².